The summed E-state index contributed by atoms with van der Waals surface area (Å²) in [6.07, 6.45) is 0.349. The number of likely N-dealkylation sites (N-methyl/N-ethyl adjacent to an activating group) is 1. The Kier molecular flexibility index (Phi) is 7.06. The van der Waals surface area contributed by atoms with Crippen molar-refractivity contribution in [2.45, 2.75) is 26.3 Å². The van der Waals surface area contributed by atoms with Gasteiger partial charge in [-0.15, -0.1) is 0 Å². The van der Waals surface area contributed by atoms with Crippen LogP contribution in [0.3, 0.4) is 0 Å². The SMILES string of the molecule is CC(C)NC(=O)CN(C)CC(=O)Nc1ccc(CC#N)cc1. The Balaban J connectivity index is 2.42. The Morgan fingerprint density at radius 3 is 2.32 bits per heavy atom. The van der Waals surface area contributed by atoms with Crippen LogP contribution in [0.15, 0.2) is 24.3 Å². The first-order chi connectivity index (χ1) is 10.4. The van der Waals surface area contributed by atoms with Crippen LogP contribution < -0.4 is 10.6 Å². The minimum atomic E-state index is -0.187. The molecule has 6 heteroatoms. The molecule has 0 fully saturated rings. The molecular weight excluding hydrogens is 280 g/mol. The highest BCUT2D eigenvalue weighted by Crippen LogP contribution is 2.09. The molecule has 0 saturated heterocycles. The van der Waals surface area contributed by atoms with E-state index in [4.69, 9.17) is 5.26 Å². The Bertz CT molecular complexity index is 546. The van der Waals surface area contributed by atoms with Gasteiger partial charge < -0.3 is 10.6 Å². The molecule has 0 bridgehead atoms. The van der Waals surface area contributed by atoms with Gasteiger partial charge in [0, 0.05) is 11.7 Å². The molecule has 0 aliphatic rings. The van der Waals surface area contributed by atoms with Crippen molar-refractivity contribution in [3.8, 4) is 6.07 Å². The first-order valence-corrected chi connectivity index (χ1v) is 7.14. The predicted octanol–water partition coefficient (Wildman–Crippen LogP) is 1.15. The second kappa shape index (κ2) is 8.80. The van der Waals surface area contributed by atoms with Gasteiger partial charge in [0.05, 0.1) is 25.6 Å². The van der Waals surface area contributed by atoms with E-state index in [0.29, 0.717) is 12.1 Å². The number of benzene rings is 1. The van der Waals surface area contributed by atoms with E-state index in [9.17, 15) is 9.59 Å². The molecule has 2 N–H and O–H groups in total. The van der Waals surface area contributed by atoms with Crippen LogP contribution >= 0.6 is 0 Å². The zero-order chi connectivity index (χ0) is 16.5. The van der Waals surface area contributed by atoms with Crippen molar-refractivity contribution in [2.75, 3.05) is 25.5 Å². The molecule has 0 aliphatic carbocycles. The molecule has 1 aromatic carbocycles. The second-order valence-electron chi connectivity index (χ2n) is 5.47. The maximum atomic E-state index is 11.9. The van der Waals surface area contributed by atoms with Gasteiger partial charge >= 0.3 is 0 Å². The topological polar surface area (TPSA) is 85.2 Å². The third kappa shape index (κ3) is 6.86. The molecule has 0 spiro atoms. The van der Waals surface area contributed by atoms with E-state index in [-0.39, 0.29) is 30.9 Å². The molecule has 0 unspecified atom stereocenters. The van der Waals surface area contributed by atoms with Crippen molar-refractivity contribution in [1.82, 2.24) is 10.2 Å². The summed E-state index contributed by atoms with van der Waals surface area (Å²) in [7, 11) is 1.72. The molecule has 0 atom stereocenters. The third-order valence-corrected chi connectivity index (χ3v) is 2.80. The molecule has 22 heavy (non-hydrogen) atoms. The van der Waals surface area contributed by atoms with Crippen LogP contribution in [0.25, 0.3) is 0 Å². The lowest BCUT2D eigenvalue weighted by atomic mass is 10.1. The summed E-state index contributed by atoms with van der Waals surface area (Å²) in [5.41, 5.74) is 1.58. The van der Waals surface area contributed by atoms with Crippen LogP contribution in [0.4, 0.5) is 5.69 Å². The summed E-state index contributed by atoms with van der Waals surface area (Å²) in [6.45, 7) is 4.08. The summed E-state index contributed by atoms with van der Waals surface area (Å²) < 4.78 is 0. The molecule has 2 amide bonds. The van der Waals surface area contributed by atoms with Gasteiger partial charge in [-0.2, -0.15) is 5.26 Å². The summed E-state index contributed by atoms with van der Waals surface area (Å²) in [5.74, 6) is -0.293. The number of hydrogen-bond donors (Lipinski definition) is 2. The summed E-state index contributed by atoms with van der Waals surface area (Å²) in [4.78, 5) is 25.1. The van der Waals surface area contributed by atoms with Crippen LogP contribution in [0.5, 0.6) is 0 Å². The van der Waals surface area contributed by atoms with E-state index < -0.39 is 0 Å². The van der Waals surface area contributed by atoms with Crippen molar-refractivity contribution < 1.29 is 9.59 Å². The first-order valence-electron chi connectivity index (χ1n) is 7.14. The normalized spacial score (nSPS) is 10.4. The zero-order valence-electron chi connectivity index (χ0n) is 13.2. The van der Waals surface area contributed by atoms with Crippen LogP contribution in [-0.4, -0.2) is 42.9 Å². The minimum absolute atomic E-state index is 0.0849. The molecule has 118 valence electrons. The van der Waals surface area contributed by atoms with Crippen molar-refractivity contribution >= 4 is 17.5 Å². The van der Waals surface area contributed by atoms with Gasteiger partial charge in [-0.3, -0.25) is 14.5 Å². The molecule has 0 saturated carbocycles. The lowest BCUT2D eigenvalue weighted by molar-refractivity contribution is -0.123. The maximum absolute atomic E-state index is 11.9. The van der Waals surface area contributed by atoms with Gasteiger partial charge in [0.15, 0.2) is 0 Å². The molecule has 0 heterocycles. The Labute approximate surface area is 131 Å². The van der Waals surface area contributed by atoms with Gasteiger partial charge in [-0.1, -0.05) is 12.1 Å². The second-order valence-corrected chi connectivity index (χ2v) is 5.47. The number of anilines is 1. The van der Waals surface area contributed by atoms with Crippen LogP contribution in [0.1, 0.15) is 19.4 Å². The van der Waals surface area contributed by atoms with Gasteiger partial charge in [0.25, 0.3) is 0 Å². The van der Waals surface area contributed by atoms with E-state index in [0.717, 1.165) is 5.56 Å². The van der Waals surface area contributed by atoms with Crippen LogP contribution in [0, 0.1) is 11.3 Å². The summed E-state index contributed by atoms with van der Waals surface area (Å²) in [5, 5.41) is 14.1. The standard InChI is InChI=1S/C16H22N4O2/c1-12(2)18-15(21)10-20(3)11-16(22)19-14-6-4-13(5-7-14)8-9-17/h4-7,12H,8,10-11H2,1-3H3,(H,18,21)(H,19,22). The highest BCUT2D eigenvalue weighted by molar-refractivity contribution is 5.92. The van der Waals surface area contributed by atoms with Crippen molar-refractivity contribution in [3.05, 3.63) is 29.8 Å². The molecule has 1 rings (SSSR count). The molecule has 6 nitrogen and oxygen atoms in total. The zero-order valence-corrected chi connectivity index (χ0v) is 13.2. The fourth-order valence-electron chi connectivity index (χ4n) is 1.91. The van der Waals surface area contributed by atoms with E-state index in [2.05, 4.69) is 16.7 Å². The van der Waals surface area contributed by atoms with Crippen LogP contribution in [0.2, 0.25) is 0 Å². The number of nitrogens with one attached hydrogen (secondary N) is 2. The van der Waals surface area contributed by atoms with E-state index in [1.807, 2.05) is 13.8 Å². The lowest BCUT2D eigenvalue weighted by Gasteiger charge is -2.17. The largest absolute Gasteiger partial charge is 0.353 e. The van der Waals surface area contributed by atoms with Crippen molar-refractivity contribution in [2.24, 2.45) is 0 Å². The highest BCUT2D eigenvalue weighted by Gasteiger charge is 2.11. The number of hydrogen-bond acceptors (Lipinski definition) is 4. The summed E-state index contributed by atoms with van der Waals surface area (Å²) in [6, 6.07) is 9.28. The molecule has 0 radical (unpaired) electrons. The monoisotopic (exact) mass is 302 g/mol. The number of rotatable bonds is 7. The number of nitriles is 1. The average molecular weight is 302 g/mol. The smallest absolute Gasteiger partial charge is 0.238 e. The Morgan fingerprint density at radius 2 is 1.77 bits per heavy atom. The number of carbonyl (C=O) groups is 2. The number of carbonyl (C=O) groups excluding carboxylic acids is 2. The van der Waals surface area contributed by atoms with Gasteiger partial charge in [0.1, 0.15) is 0 Å². The molecule has 1 aromatic rings. The third-order valence-electron chi connectivity index (χ3n) is 2.80. The van der Waals surface area contributed by atoms with Crippen molar-refractivity contribution in [1.29, 1.82) is 5.26 Å². The fraction of sp³-hybridized carbons (Fsp3) is 0.438. The molecular formula is C16H22N4O2. The van der Waals surface area contributed by atoms with E-state index in [1.165, 1.54) is 0 Å². The van der Waals surface area contributed by atoms with E-state index in [1.54, 1.807) is 36.2 Å². The maximum Gasteiger partial charge on any atom is 0.238 e. The number of nitrogens with zero attached hydrogens (tertiary/aromatic N) is 2. The first kappa shape index (κ1) is 17.7. The Hall–Kier alpha value is -2.39. The van der Waals surface area contributed by atoms with E-state index >= 15 is 0 Å². The average Bonchev–Trinajstić information content (AvgIpc) is 2.39. The number of amides is 2. The molecule has 0 aromatic heterocycles. The Morgan fingerprint density at radius 1 is 1.18 bits per heavy atom. The lowest BCUT2D eigenvalue weighted by Crippen LogP contribution is -2.41. The predicted molar refractivity (Wildman–Crippen MR) is 85.2 cm³/mol. The molecule has 0 aliphatic heterocycles. The van der Waals surface area contributed by atoms with Crippen LogP contribution in [-0.2, 0) is 16.0 Å². The quantitative estimate of drug-likeness (QED) is 0.791. The minimum Gasteiger partial charge on any atom is -0.353 e. The van der Waals surface area contributed by atoms with Gasteiger partial charge in [0.2, 0.25) is 11.8 Å². The van der Waals surface area contributed by atoms with Gasteiger partial charge in [-0.05, 0) is 38.6 Å². The van der Waals surface area contributed by atoms with Crippen molar-refractivity contribution in [3.63, 3.8) is 0 Å². The summed E-state index contributed by atoms with van der Waals surface area (Å²) >= 11 is 0. The highest BCUT2D eigenvalue weighted by atomic mass is 16.2. The van der Waals surface area contributed by atoms with Gasteiger partial charge in [-0.25, -0.2) is 0 Å². The fourth-order valence-corrected chi connectivity index (χ4v) is 1.91.